The Morgan fingerprint density at radius 1 is 0.976 bits per heavy atom. The Labute approximate surface area is 255 Å². The van der Waals surface area contributed by atoms with Gasteiger partial charge in [0.05, 0.1) is 22.8 Å². The van der Waals surface area contributed by atoms with Crippen molar-refractivity contribution in [1.29, 1.82) is 0 Å². The first kappa shape index (κ1) is 27.7. The number of aromatic nitrogens is 1. The molecule has 1 atom stereocenters. The van der Waals surface area contributed by atoms with Crippen LogP contribution in [0.2, 0.25) is 5.02 Å². The molecule has 0 aliphatic carbocycles. The third kappa shape index (κ3) is 5.53. The summed E-state index contributed by atoms with van der Waals surface area (Å²) >= 11 is 12.2. The molecule has 0 fully saturated rings. The second kappa shape index (κ2) is 11.8. The van der Waals surface area contributed by atoms with Gasteiger partial charge in [-0.25, -0.2) is 5.01 Å². The van der Waals surface area contributed by atoms with E-state index in [2.05, 4.69) is 51.6 Å². The molecule has 0 saturated carbocycles. The van der Waals surface area contributed by atoms with Crippen molar-refractivity contribution < 1.29 is 0 Å². The fourth-order valence-corrected chi connectivity index (χ4v) is 5.82. The average Bonchev–Trinajstić information content (AvgIpc) is 3.45. The Balaban J connectivity index is 1.46. The first-order chi connectivity index (χ1) is 20.4. The zero-order valence-corrected chi connectivity index (χ0v) is 24.9. The molecule has 0 saturated heterocycles. The minimum Gasteiger partial charge on any atom is -0.378 e. The number of nitrogens with one attached hydrogen (secondary N) is 2. The lowest BCUT2D eigenvalue weighted by atomic mass is 9.91. The van der Waals surface area contributed by atoms with E-state index < -0.39 is 0 Å². The molecule has 2 heterocycles. The predicted molar refractivity (Wildman–Crippen MR) is 177 cm³/mol. The maximum absolute atomic E-state index is 13.8. The van der Waals surface area contributed by atoms with Crippen LogP contribution in [0.4, 0.5) is 5.69 Å². The van der Waals surface area contributed by atoms with Gasteiger partial charge >= 0.3 is 0 Å². The van der Waals surface area contributed by atoms with E-state index in [1.165, 1.54) is 0 Å². The van der Waals surface area contributed by atoms with Crippen LogP contribution in [-0.2, 0) is 6.54 Å². The standard InChI is InChI=1S/C34H30ClN5OS/c1-39(2)26-16-13-23(14-17-26)30-20-29(38-40(30)34(42)36-21-22-9-5-3-6-10-22)32-31(24-11-7-4-8-12-24)27-18-15-25(35)19-28(27)37-33(32)41/h3-19,30H,20-21H2,1-2H3,(H,36,42)(H,37,41)/t30-/m1/s1. The van der Waals surface area contributed by atoms with Crippen molar-refractivity contribution in [3.8, 4) is 11.1 Å². The second-order valence-electron chi connectivity index (χ2n) is 10.5. The van der Waals surface area contributed by atoms with Gasteiger partial charge < -0.3 is 15.2 Å². The zero-order valence-electron chi connectivity index (χ0n) is 23.3. The van der Waals surface area contributed by atoms with Crippen LogP contribution in [0.15, 0.2) is 113 Å². The number of hydrazone groups is 1. The quantitative estimate of drug-likeness (QED) is 0.206. The maximum atomic E-state index is 13.8. The van der Waals surface area contributed by atoms with Crippen LogP contribution in [0.1, 0.15) is 29.2 Å². The average molecular weight is 592 g/mol. The molecule has 0 radical (unpaired) electrons. The molecule has 2 N–H and O–H groups in total. The molecule has 1 aliphatic heterocycles. The second-order valence-corrected chi connectivity index (χ2v) is 11.3. The molecule has 0 spiro atoms. The molecule has 42 heavy (non-hydrogen) atoms. The summed E-state index contributed by atoms with van der Waals surface area (Å²) in [4.78, 5) is 18.9. The molecule has 1 aliphatic rings. The van der Waals surface area contributed by atoms with Gasteiger partial charge in [0.15, 0.2) is 5.11 Å². The van der Waals surface area contributed by atoms with Crippen LogP contribution in [0.3, 0.4) is 0 Å². The van der Waals surface area contributed by atoms with E-state index in [0.717, 1.165) is 33.3 Å². The Morgan fingerprint density at radius 2 is 1.67 bits per heavy atom. The highest BCUT2D eigenvalue weighted by atomic mass is 35.5. The van der Waals surface area contributed by atoms with Crippen LogP contribution in [-0.4, -0.2) is 34.9 Å². The van der Waals surface area contributed by atoms with E-state index in [4.69, 9.17) is 28.9 Å². The fourth-order valence-electron chi connectivity index (χ4n) is 5.41. The Hall–Kier alpha value is -4.46. The van der Waals surface area contributed by atoms with E-state index in [-0.39, 0.29) is 11.6 Å². The van der Waals surface area contributed by atoms with Gasteiger partial charge in [-0.15, -0.1) is 0 Å². The Kier molecular flexibility index (Phi) is 7.78. The molecule has 210 valence electrons. The van der Waals surface area contributed by atoms with Gasteiger partial charge in [0.25, 0.3) is 5.56 Å². The number of thiocarbonyl (C=S) groups is 1. The van der Waals surface area contributed by atoms with Gasteiger partial charge in [0, 0.05) is 48.7 Å². The number of halogens is 1. The van der Waals surface area contributed by atoms with Crippen LogP contribution in [0, 0.1) is 0 Å². The first-order valence-corrected chi connectivity index (χ1v) is 14.5. The number of rotatable bonds is 6. The highest BCUT2D eigenvalue weighted by molar-refractivity contribution is 7.80. The number of nitrogens with zero attached hydrogens (tertiary/aromatic N) is 3. The topological polar surface area (TPSA) is 63.7 Å². The van der Waals surface area contributed by atoms with E-state index in [1.807, 2.05) is 79.8 Å². The minimum absolute atomic E-state index is 0.184. The number of pyridine rings is 1. The van der Waals surface area contributed by atoms with Crippen molar-refractivity contribution in [2.75, 3.05) is 19.0 Å². The molecule has 6 rings (SSSR count). The molecule has 0 unspecified atom stereocenters. The van der Waals surface area contributed by atoms with E-state index in [9.17, 15) is 4.79 Å². The van der Waals surface area contributed by atoms with Crippen molar-refractivity contribution in [1.82, 2.24) is 15.3 Å². The summed E-state index contributed by atoms with van der Waals surface area (Å²) in [6.07, 6.45) is 0.510. The normalized spacial score (nSPS) is 14.6. The maximum Gasteiger partial charge on any atom is 0.258 e. The SMILES string of the molecule is CN(C)c1ccc([C@H]2CC(c3c(-c4ccccc4)c4ccc(Cl)cc4[nH]c3=O)=NN2C(=S)NCc2ccccc2)cc1. The number of aromatic amines is 1. The zero-order chi connectivity index (χ0) is 29.2. The van der Waals surface area contributed by atoms with Gasteiger partial charge in [-0.2, -0.15) is 5.10 Å². The van der Waals surface area contributed by atoms with Gasteiger partial charge in [0.2, 0.25) is 0 Å². The highest BCUT2D eigenvalue weighted by Gasteiger charge is 2.34. The lowest BCUT2D eigenvalue weighted by Crippen LogP contribution is -2.36. The molecular weight excluding hydrogens is 562 g/mol. The summed E-state index contributed by atoms with van der Waals surface area (Å²) in [7, 11) is 4.04. The van der Waals surface area contributed by atoms with Gasteiger partial charge in [0.1, 0.15) is 0 Å². The number of hydrogen-bond acceptors (Lipinski definition) is 4. The number of H-pyrrole nitrogens is 1. The molecule has 4 aromatic carbocycles. The summed E-state index contributed by atoms with van der Waals surface area (Å²) < 4.78 is 0. The Bertz CT molecular complexity index is 1840. The van der Waals surface area contributed by atoms with E-state index in [1.54, 1.807) is 6.07 Å². The monoisotopic (exact) mass is 591 g/mol. The van der Waals surface area contributed by atoms with Crippen LogP contribution >= 0.6 is 23.8 Å². The Morgan fingerprint density at radius 3 is 2.36 bits per heavy atom. The molecule has 0 bridgehead atoms. The van der Waals surface area contributed by atoms with Crippen molar-refractivity contribution in [3.05, 3.63) is 135 Å². The lowest BCUT2D eigenvalue weighted by Gasteiger charge is -2.25. The molecule has 6 nitrogen and oxygen atoms in total. The van der Waals surface area contributed by atoms with Crippen LogP contribution in [0.5, 0.6) is 0 Å². The van der Waals surface area contributed by atoms with Gasteiger partial charge in [-0.1, -0.05) is 90.5 Å². The number of fused-ring (bicyclic) bond motifs is 1. The molecule has 1 aromatic heterocycles. The van der Waals surface area contributed by atoms with Crippen molar-refractivity contribution in [2.45, 2.75) is 19.0 Å². The first-order valence-electron chi connectivity index (χ1n) is 13.8. The molecule has 8 heteroatoms. The third-order valence-corrected chi connectivity index (χ3v) is 8.09. The molecule has 5 aromatic rings. The third-order valence-electron chi connectivity index (χ3n) is 7.53. The van der Waals surface area contributed by atoms with Gasteiger partial charge in [-0.05, 0) is 53.2 Å². The predicted octanol–water partition coefficient (Wildman–Crippen LogP) is 7.14. The van der Waals surface area contributed by atoms with E-state index >= 15 is 0 Å². The van der Waals surface area contributed by atoms with Crippen molar-refractivity contribution >= 4 is 51.2 Å². The van der Waals surface area contributed by atoms with Crippen LogP contribution in [0.25, 0.3) is 22.0 Å². The smallest absolute Gasteiger partial charge is 0.258 e. The largest absolute Gasteiger partial charge is 0.378 e. The number of hydrogen-bond donors (Lipinski definition) is 2. The summed E-state index contributed by atoms with van der Waals surface area (Å²) in [5.41, 5.74) is 6.73. The number of benzene rings is 4. The van der Waals surface area contributed by atoms with E-state index in [0.29, 0.717) is 39.9 Å². The van der Waals surface area contributed by atoms with Gasteiger partial charge in [-0.3, -0.25) is 4.79 Å². The van der Waals surface area contributed by atoms with Crippen LogP contribution < -0.4 is 15.8 Å². The summed E-state index contributed by atoms with van der Waals surface area (Å²) in [6.45, 7) is 0.569. The summed E-state index contributed by atoms with van der Waals surface area (Å²) in [5.74, 6) is 0. The van der Waals surface area contributed by atoms with Crippen molar-refractivity contribution in [3.63, 3.8) is 0 Å². The fraction of sp³-hybridized carbons (Fsp3) is 0.147. The molecule has 0 amide bonds. The number of anilines is 1. The minimum atomic E-state index is -0.214. The summed E-state index contributed by atoms with van der Waals surface area (Å²) in [5, 5.41) is 12.2. The van der Waals surface area contributed by atoms with Crippen molar-refractivity contribution in [2.24, 2.45) is 5.10 Å². The lowest BCUT2D eigenvalue weighted by molar-refractivity contribution is 0.364. The molecular formula is C34H30ClN5OS. The highest BCUT2D eigenvalue weighted by Crippen LogP contribution is 2.37. The summed E-state index contributed by atoms with van der Waals surface area (Å²) in [6, 6.07) is 33.9.